The molecular weight excluding hydrogens is 311 g/mol. The Kier molecular flexibility index (Phi) is 4.63. The molecule has 0 aliphatic rings. The van der Waals surface area contributed by atoms with E-state index < -0.39 is 17.8 Å². The van der Waals surface area contributed by atoms with Gasteiger partial charge in [-0.1, -0.05) is 17.3 Å². The maximum atomic E-state index is 12.9. The Hall–Kier alpha value is -2.51. The Morgan fingerprint density at radius 2 is 1.96 bits per heavy atom. The van der Waals surface area contributed by atoms with Crippen LogP contribution in [-0.2, 0) is 12.7 Å². The molecule has 0 fully saturated rings. The third kappa shape index (κ3) is 3.82. The van der Waals surface area contributed by atoms with Gasteiger partial charge in [0.25, 0.3) is 0 Å². The second-order valence-corrected chi connectivity index (χ2v) is 5.13. The van der Waals surface area contributed by atoms with Gasteiger partial charge < -0.3 is 14.7 Å². The highest BCUT2D eigenvalue weighted by molar-refractivity contribution is 5.90. The monoisotopic (exact) mass is 327 g/mol. The van der Waals surface area contributed by atoms with Gasteiger partial charge in [0.15, 0.2) is 0 Å². The summed E-state index contributed by atoms with van der Waals surface area (Å²) in [6.45, 7) is 3.62. The number of para-hydroxylation sites is 1. The molecule has 0 radical (unpaired) electrons. The van der Waals surface area contributed by atoms with Crippen LogP contribution >= 0.6 is 0 Å². The first-order valence-corrected chi connectivity index (χ1v) is 6.80. The van der Waals surface area contributed by atoms with Gasteiger partial charge in [-0.25, -0.2) is 4.79 Å². The Morgan fingerprint density at radius 3 is 2.52 bits per heavy atom. The fraction of sp³-hybridized carbons (Fsp3) is 0.333. The van der Waals surface area contributed by atoms with E-state index in [1.807, 2.05) is 0 Å². The third-order valence-electron chi connectivity index (χ3n) is 3.40. The molecule has 2 amide bonds. The summed E-state index contributed by atoms with van der Waals surface area (Å²) in [4.78, 5) is 13.4. The van der Waals surface area contributed by atoms with Gasteiger partial charge in [0, 0.05) is 12.6 Å². The fourth-order valence-electron chi connectivity index (χ4n) is 2.09. The maximum absolute atomic E-state index is 12.9. The summed E-state index contributed by atoms with van der Waals surface area (Å²) in [6.07, 6.45) is -4.54. The summed E-state index contributed by atoms with van der Waals surface area (Å²) in [7, 11) is 1.48. The zero-order valence-corrected chi connectivity index (χ0v) is 12.9. The number of nitrogens with one attached hydrogen (secondary N) is 1. The summed E-state index contributed by atoms with van der Waals surface area (Å²) >= 11 is 0. The van der Waals surface area contributed by atoms with E-state index in [1.54, 1.807) is 13.8 Å². The topological polar surface area (TPSA) is 58.4 Å². The first-order valence-electron chi connectivity index (χ1n) is 6.80. The van der Waals surface area contributed by atoms with Crippen molar-refractivity contribution in [2.45, 2.75) is 26.6 Å². The number of hydrogen-bond donors (Lipinski definition) is 1. The molecular formula is C15H16F3N3O2. The van der Waals surface area contributed by atoms with E-state index in [0.717, 1.165) is 11.6 Å². The normalized spacial score (nSPS) is 11.4. The molecule has 8 heteroatoms. The predicted octanol–water partition coefficient (Wildman–Crippen LogP) is 3.97. The van der Waals surface area contributed by atoms with Crippen molar-refractivity contribution in [1.29, 1.82) is 0 Å². The summed E-state index contributed by atoms with van der Waals surface area (Å²) in [5.74, 6) is 0.567. The van der Waals surface area contributed by atoms with E-state index in [1.165, 1.54) is 30.1 Å². The van der Waals surface area contributed by atoms with Crippen LogP contribution < -0.4 is 5.32 Å². The van der Waals surface area contributed by atoms with Crippen molar-refractivity contribution in [3.05, 3.63) is 46.8 Å². The number of carbonyl (C=O) groups is 1. The quantitative estimate of drug-likeness (QED) is 0.928. The number of aryl methyl sites for hydroxylation is 2. The molecule has 0 saturated heterocycles. The summed E-state index contributed by atoms with van der Waals surface area (Å²) in [5.41, 5.74) is 0.194. The maximum Gasteiger partial charge on any atom is 0.418 e. The van der Waals surface area contributed by atoms with Gasteiger partial charge in [0.2, 0.25) is 0 Å². The number of nitrogens with zero attached hydrogens (tertiary/aromatic N) is 2. The zero-order chi connectivity index (χ0) is 17.2. The average molecular weight is 327 g/mol. The molecule has 0 unspecified atom stereocenters. The van der Waals surface area contributed by atoms with Crippen LogP contribution in [0.25, 0.3) is 0 Å². The highest BCUT2D eigenvalue weighted by Crippen LogP contribution is 2.34. The van der Waals surface area contributed by atoms with Crippen molar-refractivity contribution >= 4 is 11.7 Å². The molecule has 0 bridgehead atoms. The number of aromatic nitrogens is 1. The number of halogens is 3. The second kappa shape index (κ2) is 6.31. The lowest BCUT2D eigenvalue weighted by molar-refractivity contribution is -0.136. The van der Waals surface area contributed by atoms with Gasteiger partial charge in [-0.2, -0.15) is 13.2 Å². The van der Waals surface area contributed by atoms with Crippen LogP contribution in [0.3, 0.4) is 0 Å². The molecule has 0 saturated carbocycles. The minimum Gasteiger partial charge on any atom is -0.361 e. The predicted molar refractivity (Wildman–Crippen MR) is 77.9 cm³/mol. The van der Waals surface area contributed by atoms with Gasteiger partial charge in [0.05, 0.1) is 23.5 Å². The molecule has 0 aliphatic heterocycles. The van der Waals surface area contributed by atoms with E-state index in [2.05, 4.69) is 10.5 Å². The van der Waals surface area contributed by atoms with Crippen molar-refractivity contribution in [2.24, 2.45) is 0 Å². The molecule has 1 heterocycles. The van der Waals surface area contributed by atoms with Crippen LogP contribution in [0.2, 0.25) is 0 Å². The fourth-order valence-corrected chi connectivity index (χ4v) is 2.09. The molecule has 0 aliphatic carbocycles. The number of anilines is 1. The van der Waals surface area contributed by atoms with Crippen LogP contribution in [0.4, 0.5) is 23.7 Å². The number of hydrogen-bond acceptors (Lipinski definition) is 3. The molecule has 1 aromatic heterocycles. The van der Waals surface area contributed by atoms with E-state index >= 15 is 0 Å². The molecule has 2 aromatic rings. The minimum absolute atomic E-state index is 0.182. The van der Waals surface area contributed by atoms with Crippen molar-refractivity contribution in [1.82, 2.24) is 10.1 Å². The SMILES string of the molecule is Cc1noc(C)c1CN(C)C(=O)Nc1ccccc1C(F)(F)F. The van der Waals surface area contributed by atoms with Crippen LogP contribution in [0.1, 0.15) is 22.6 Å². The average Bonchev–Trinajstić information content (AvgIpc) is 2.78. The van der Waals surface area contributed by atoms with Gasteiger partial charge in [-0.15, -0.1) is 0 Å². The van der Waals surface area contributed by atoms with E-state index in [9.17, 15) is 18.0 Å². The van der Waals surface area contributed by atoms with E-state index in [0.29, 0.717) is 11.5 Å². The summed E-state index contributed by atoms with van der Waals surface area (Å²) in [5, 5.41) is 6.06. The highest BCUT2D eigenvalue weighted by Gasteiger charge is 2.33. The van der Waals surface area contributed by atoms with Gasteiger partial charge in [0.1, 0.15) is 5.76 Å². The highest BCUT2D eigenvalue weighted by atomic mass is 19.4. The Morgan fingerprint density at radius 1 is 1.30 bits per heavy atom. The van der Waals surface area contributed by atoms with Gasteiger partial charge in [-0.3, -0.25) is 0 Å². The molecule has 0 atom stereocenters. The number of benzene rings is 1. The van der Waals surface area contributed by atoms with Crippen molar-refractivity contribution in [3.8, 4) is 0 Å². The smallest absolute Gasteiger partial charge is 0.361 e. The van der Waals surface area contributed by atoms with Crippen LogP contribution in [0.5, 0.6) is 0 Å². The largest absolute Gasteiger partial charge is 0.418 e. The van der Waals surface area contributed by atoms with Crippen LogP contribution in [0.15, 0.2) is 28.8 Å². The molecule has 124 valence electrons. The van der Waals surface area contributed by atoms with Crippen LogP contribution in [0, 0.1) is 13.8 Å². The molecule has 5 nitrogen and oxygen atoms in total. The number of urea groups is 1. The van der Waals surface area contributed by atoms with Gasteiger partial charge >= 0.3 is 12.2 Å². The number of rotatable bonds is 3. The molecule has 0 spiro atoms. The Balaban J connectivity index is 2.14. The number of carbonyl (C=O) groups excluding carboxylic acids is 1. The van der Waals surface area contributed by atoms with Gasteiger partial charge in [-0.05, 0) is 26.0 Å². The Labute approximate surface area is 131 Å². The van der Waals surface area contributed by atoms with Crippen molar-refractivity contribution in [2.75, 3.05) is 12.4 Å². The standard InChI is InChI=1S/C15H16F3N3O2/c1-9-11(10(2)23-20-9)8-21(3)14(22)19-13-7-5-4-6-12(13)15(16,17)18/h4-7H,8H2,1-3H3,(H,19,22). The Bertz CT molecular complexity index is 691. The number of amides is 2. The van der Waals surface area contributed by atoms with Crippen LogP contribution in [-0.4, -0.2) is 23.1 Å². The van der Waals surface area contributed by atoms with Crippen molar-refractivity contribution in [3.63, 3.8) is 0 Å². The number of alkyl halides is 3. The first kappa shape index (κ1) is 16.9. The van der Waals surface area contributed by atoms with E-state index in [-0.39, 0.29) is 12.2 Å². The summed E-state index contributed by atoms with van der Waals surface area (Å²) < 4.78 is 43.8. The zero-order valence-electron chi connectivity index (χ0n) is 12.9. The summed E-state index contributed by atoms with van der Waals surface area (Å²) in [6, 6.07) is 4.18. The molecule has 2 rings (SSSR count). The lowest BCUT2D eigenvalue weighted by atomic mass is 10.1. The lowest BCUT2D eigenvalue weighted by Gasteiger charge is -2.20. The first-order chi connectivity index (χ1) is 10.7. The molecule has 1 aromatic carbocycles. The second-order valence-electron chi connectivity index (χ2n) is 5.13. The minimum atomic E-state index is -4.54. The molecule has 23 heavy (non-hydrogen) atoms. The third-order valence-corrected chi connectivity index (χ3v) is 3.40. The van der Waals surface area contributed by atoms with E-state index in [4.69, 9.17) is 4.52 Å². The van der Waals surface area contributed by atoms with Crippen molar-refractivity contribution < 1.29 is 22.5 Å². The molecule has 1 N–H and O–H groups in total. The lowest BCUT2D eigenvalue weighted by Crippen LogP contribution is -2.31.